The van der Waals surface area contributed by atoms with Gasteiger partial charge in [-0.15, -0.1) is 0 Å². The van der Waals surface area contributed by atoms with Crippen molar-refractivity contribution in [3.8, 4) is 11.5 Å². The van der Waals surface area contributed by atoms with Gasteiger partial charge >= 0.3 is 5.97 Å². The van der Waals surface area contributed by atoms with Gasteiger partial charge in [-0.3, -0.25) is 5.41 Å². The maximum Gasteiger partial charge on any atom is 0.336 e. The van der Waals surface area contributed by atoms with Gasteiger partial charge in [0, 0.05) is 5.70 Å². The van der Waals surface area contributed by atoms with E-state index in [1.54, 1.807) is 33.1 Å². The summed E-state index contributed by atoms with van der Waals surface area (Å²) in [7, 11) is 3.09. The summed E-state index contributed by atoms with van der Waals surface area (Å²) in [6.45, 7) is 3.75. The molecule has 0 aliphatic carbocycles. The molecule has 0 fully saturated rings. The number of carbonyl (C=O) groups is 1. The minimum atomic E-state index is -0.565. The Hall–Kier alpha value is -2.63. The van der Waals surface area contributed by atoms with Gasteiger partial charge in [0.05, 0.1) is 37.9 Å². The number of esters is 1. The monoisotopic (exact) mass is 360 g/mol. The molecule has 0 saturated carbocycles. The molecule has 0 aromatic heterocycles. The molecule has 1 aliphatic rings. The van der Waals surface area contributed by atoms with Crippen molar-refractivity contribution in [2.24, 2.45) is 0 Å². The molecule has 2 N–H and O–H groups in total. The highest BCUT2D eigenvalue weighted by Gasteiger charge is 2.36. The minimum absolute atomic E-state index is 0.252. The number of ether oxygens (including phenoxy) is 3. The Labute approximate surface area is 152 Å². The number of nitrogens with one attached hydrogen (secondary N) is 2. The summed E-state index contributed by atoms with van der Waals surface area (Å²) in [5.74, 6) is 2.44. The smallest absolute Gasteiger partial charge is 0.336 e. The van der Waals surface area contributed by atoms with Crippen molar-refractivity contribution in [3.63, 3.8) is 0 Å². The summed E-state index contributed by atoms with van der Waals surface area (Å²) in [5, 5.41) is 10.6. The largest absolute Gasteiger partial charge is 0.493 e. The quantitative estimate of drug-likeness (QED) is 0.364. The van der Waals surface area contributed by atoms with Crippen LogP contribution in [0.2, 0.25) is 0 Å². The van der Waals surface area contributed by atoms with Gasteiger partial charge < -0.3 is 19.5 Å². The van der Waals surface area contributed by atoms with Crippen LogP contribution < -0.4 is 14.8 Å². The third-order valence-electron chi connectivity index (χ3n) is 3.90. The van der Waals surface area contributed by atoms with Crippen LogP contribution >= 0.6 is 12.2 Å². The zero-order chi connectivity index (χ0) is 18.6. The number of allylic oxidation sites excluding steroid dienone is 1. The maximum atomic E-state index is 12.5. The van der Waals surface area contributed by atoms with E-state index in [1.165, 1.54) is 7.11 Å². The van der Waals surface area contributed by atoms with Gasteiger partial charge in [-0.25, -0.2) is 4.79 Å². The Balaban J connectivity index is 2.67. The average Bonchev–Trinajstić information content (AvgIpc) is 2.60. The topological polar surface area (TPSA) is 80.6 Å². The molecule has 7 heteroatoms. The highest BCUT2D eigenvalue weighted by Crippen LogP contribution is 2.39. The summed E-state index contributed by atoms with van der Waals surface area (Å²) in [5.41, 5.74) is 2.13. The molecule has 0 radical (unpaired) electrons. The van der Waals surface area contributed by atoms with E-state index in [9.17, 15) is 4.79 Å². The molecule has 1 aliphatic heterocycles. The number of hydrogen-bond acceptors (Lipinski definition) is 6. The Morgan fingerprint density at radius 2 is 2.00 bits per heavy atom. The van der Waals surface area contributed by atoms with Crippen molar-refractivity contribution in [1.29, 1.82) is 5.41 Å². The van der Waals surface area contributed by atoms with E-state index in [4.69, 9.17) is 31.8 Å². The molecule has 1 aromatic carbocycles. The lowest BCUT2D eigenvalue weighted by Crippen LogP contribution is -2.35. The zero-order valence-electron chi connectivity index (χ0n) is 14.6. The third-order valence-corrected chi connectivity index (χ3v) is 4.22. The third kappa shape index (κ3) is 3.57. The summed E-state index contributed by atoms with van der Waals surface area (Å²) in [4.78, 5) is 12.9. The second kappa shape index (κ2) is 7.96. The molecule has 1 heterocycles. The van der Waals surface area contributed by atoms with Crippen LogP contribution in [-0.2, 0) is 9.53 Å². The summed E-state index contributed by atoms with van der Waals surface area (Å²) in [6.07, 6.45) is 0. The van der Waals surface area contributed by atoms with Crippen LogP contribution in [0, 0.1) is 5.41 Å². The first-order valence-corrected chi connectivity index (χ1v) is 8.10. The predicted molar refractivity (Wildman–Crippen MR) is 98.6 cm³/mol. The van der Waals surface area contributed by atoms with Crippen LogP contribution in [-0.4, -0.2) is 37.7 Å². The van der Waals surface area contributed by atoms with E-state index in [1.807, 2.05) is 6.07 Å². The van der Waals surface area contributed by atoms with Crippen molar-refractivity contribution in [3.05, 3.63) is 40.6 Å². The van der Waals surface area contributed by atoms with Gasteiger partial charge in [-0.05, 0) is 37.4 Å². The lowest BCUT2D eigenvalue weighted by atomic mass is 9.81. The van der Waals surface area contributed by atoms with Crippen LogP contribution in [0.5, 0.6) is 11.5 Å². The SMILES string of the molecule is CCOC(=O)C1=C(C)NC(=S)C(=C=N)C1c1ccc(OC)c(OC)c1. The van der Waals surface area contributed by atoms with Gasteiger partial charge in [0.25, 0.3) is 0 Å². The molecule has 25 heavy (non-hydrogen) atoms. The second-order valence-corrected chi connectivity index (χ2v) is 5.71. The van der Waals surface area contributed by atoms with E-state index in [2.05, 4.69) is 11.2 Å². The number of benzene rings is 1. The van der Waals surface area contributed by atoms with Gasteiger partial charge in [-0.2, -0.15) is 0 Å². The average molecular weight is 360 g/mol. The van der Waals surface area contributed by atoms with Gasteiger partial charge in [0.1, 0.15) is 4.99 Å². The Bertz CT molecular complexity index is 794. The van der Waals surface area contributed by atoms with E-state index in [-0.39, 0.29) is 6.61 Å². The van der Waals surface area contributed by atoms with E-state index >= 15 is 0 Å². The van der Waals surface area contributed by atoms with Crippen LogP contribution in [0.1, 0.15) is 25.3 Å². The number of carbonyl (C=O) groups excluding carboxylic acids is 1. The van der Waals surface area contributed by atoms with Crippen molar-refractivity contribution >= 4 is 29.0 Å². The number of rotatable bonds is 5. The standard InChI is InChI=1S/C18H20N2O4S/c1-5-24-18(21)15-10(2)20-17(25)12(9-19)16(15)11-6-7-13(22-3)14(8-11)23-4/h6-8,16,19H,5H2,1-4H3,(H,20,25). The van der Waals surface area contributed by atoms with Crippen molar-refractivity contribution < 1.29 is 19.0 Å². The first-order chi connectivity index (χ1) is 12.0. The fourth-order valence-corrected chi connectivity index (χ4v) is 3.09. The molecule has 0 bridgehead atoms. The summed E-state index contributed by atoms with van der Waals surface area (Å²) in [6, 6.07) is 5.32. The van der Waals surface area contributed by atoms with Gasteiger partial charge in [0.15, 0.2) is 11.5 Å². The highest BCUT2D eigenvalue weighted by atomic mass is 32.1. The van der Waals surface area contributed by atoms with Gasteiger partial charge in [-0.1, -0.05) is 18.3 Å². The van der Waals surface area contributed by atoms with Crippen molar-refractivity contribution in [2.45, 2.75) is 19.8 Å². The van der Waals surface area contributed by atoms with Crippen LogP contribution in [0.3, 0.4) is 0 Å². The normalized spacial score (nSPS) is 16.9. The van der Waals surface area contributed by atoms with E-state index < -0.39 is 11.9 Å². The summed E-state index contributed by atoms with van der Waals surface area (Å²) >= 11 is 5.32. The molecule has 0 saturated heterocycles. The molecular formula is C18H20N2O4S. The number of hydrogen-bond donors (Lipinski definition) is 2. The molecule has 1 aromatic rings. The minimum Gasteiger partial charge on any atom is -0.493 e. The maximum absolute atomic E-state index is 12.5. The molecule has 0 spiro atoms. The lowest BCUT2D eigenvalue weighted by molar-refractivity contribution is -0.138. The first-order valence-electron chi connectivity index (χ1n) is 7.69. The van der Waals surface area contributed by atoms with Crippen molar-refractivity contribution in [2.75, 3.05) is 20.8 Å². The molecule has 1 unspecified atom stereocenters. The second-order valence-electron chi connectivity index (χ2n) is 5.30. The zero-order valence-corrected chi connectivity index (χ0v) is 15.4. The Kier molecular flexibility index (Phi) is 5.96. The predicted octanol–water partition coefficient (Wildman–Crippen LogP) is 2.73. The van der Waals surface area contributed by atoms with Crippen LogP contribution in [0.15, 0.2) is 35.0 Å². The molecule has 1 atom stereocenters. The van der Waals surface area contributed by atoms with E-state index in [0.717, 1.165) is 5.56 Å². The fraction of sp³-hybridized carbons (Fsp3) is 0.333. The van der Waals surface area contributed by atoms with E-state index in [0.29, 0.717) is 33.3 Å². The Morgan fingerprint density at radius 3 is 2.56 bits per heavy atom. The van der Waals surface area contributed by atoms with Crippen LogP contribution in [0.25, 0.3) is 0 Å². The lowest BCUT2D eigenvalue weighted by Gasteiger charge is -2.29. The highest BCUT2D eigenvalue weighted by molar-refractivity contribution is 7.80. The molecule has 0 amide bonds. The Morgan fingerprint density at radius 1 is 1.32 bits per heavy atom. The first kappa shape index (κ1) is 18.7. The van der Waals surface area contributed by atoms with Crippen LogP contribution in [0.4, 0.5) is 0 Å². The molecule has 132 valence electrons. The number of methoxy groups -OCH3 is 2. The van der Waals surface area contributed by atoms with Gasteiger partial charge in [0.2, 0.25) is 0 Å². The van der Waals surface area contributed by atoms with Crippen molar-refractivity contribution in [1.82, 2.24) is 5.32 Å². The molecule has 2 rings (SSSR count). The summed E-state index contributed by atoms with van der Waals surface area (Å²) < 4.78 is 15.8. The number of thiocarbonyl (C=S) groups is 1. The molecular weight excluding hydrogens is 340 g/mol. The molecule has 6 nitrogen and oxygen atoms in total. The fourth-order valence-electron chi connectivity index (χ4n) is 2.77.